The highest BCUT2D eigenvalue weighted by Crippen LogP contribution is 1.96. The van der Waals surface area contributed by atoms with Crippen LogP contribution in [-0.4, -0.2) is 72.1 Å². The van der Waals surface area contributed by atoms with E-state index in [0.717, 1.165) is 13.1 Å². The van der Waals surface area contributed by atoms with Gasteiger partial charge in [0.15, 0.2) is 0 Å². The van der Waals surface area contributed by atoms with Crippen molar-refractivity contribution in [2.24, 2.45) is 0 Å². The molecule has 0 aliphatic rings. The Morgan fingerprint density at radius 3 is 2.56 bits per heavy atom. The number of nitrogens with zero attached hydrogens (tertiary/aromatic N) is 1. The van der Waals surface area contributed by atoms with Gasteiger partial charge in [0.2, 0.25) is 10.0 Å². The van der Waals surface area contributed by atoms with Crippen LogP contribution in [-0.2, 0) is 14.8 Å². The zero-order valence-electron chi connectivity index (χ0n) is 11.9. The third-order valence-electron chi connectivity index (χ3n) is 2.69. The minimum Gasteiger partial charge on any atom is -0.383 e. The molecule has 110 valence electrons. The molecule has 0 rings (SSSR count). The fourth-order valence-corrected chi connectivity index (χ4v) is 2.33. The van der Waals surface area contributed by atoms with Crippen molar-refractivity contribution in [3.05, 3.63) is 0 Å². The SMILES string of the molecule is CCNCC(C)S(=O)(=O)NCCN(C)CCOC. The minimum absolute atomic E-state index is 0.415. The van der Waals surface area contributed by atoms with Crippen LogP contribution in [0, 0.1) is 0 Å². The van der Waals surface area contributed by atoms with Crippen molar-refractivity contribution in [2.75, 3.05) is 53.5 Å². The standard InChI is InChI=1S/C11H27N3O3S/c1-5-12-10-11(2)18(15,16)13-6-7-14(3)8-9-17-4/h11-13H,5-10H2,1-4H3. The van der Waals surface area contributed by atoms with Gasteiger partial charge in [-0.15, -0.1) is 0 Å². The summed E-state index contributed by atoms with van der Waals surface area (Å²) in [4.78, 5) is 2.03. The van der Waals surface area contributed by atoms with Gasteiger partial charge in [0.25, 0.3) is 0 Å². The molecule has 0 aliphatic carbocycles. The lowest BCUT2D eigenvalue weighted by Crippen LogP contribution is -2.41. The van der Waals surface area contributed by atoms with E-state index in [4.69, 9.17) is 4.74 Å². The van der Waals surface area contributed by atoms with Crippen LogP contribution in [0.15, 0.2) is 0 Å². The molecule has 1 atom stereocenters. The molecule has 0 radical (unpaired) electrons. The number of nitrogens with one attached hydrogen (secondary N) is 2. The molecule has 6 nitrogen and oxygen atoms in total. The third-order valence-corrected chi connectivity index (χ3v) is 4.52. The highest BCUT2D eigenvalue weighted by Gasteiger charge is 2.19. The Morgan fingerprint density at radius 1 is 1.33 bits per heavy atom. The maximum atomic E-state index is 11.8. The first-order valence-corrected chi connectivity index (χ1v) is 7.85. The first-order chi connectivity index (χ1) is 8.44. The number of sulfonamides is 1. The summed E-state index contributed by atoms with van der Waals surface area (Å²) in [6, 6.07) is 0. The molecule has 0 aromatic carbocycles. The van der Waals surface area contributed by atoms with E-state index in [2.05, 4.69) is 10.0 Å². The van der Waals surface area contributed by atoms with E-state index in [1.165, 1.54) is 0 Å². The van der Waals surface area contributed by atoms with Crippen LogP contribution < -0.4 is 10.0 Å². The van der Waals surface area contributed by atoms with Crippen LogP contribution in [0.4, 0.5) is 0 Å². The number of hydrogen-bond acceptors (Lipinski definition) is 5. The smallest absolute Gasteiger partial charge is 0.215 e. The first kappa shape index (κ1) is 17.8. The summed E-state index contributed by atoms with van der Waals surface area (Å²) in [5.41, 5.74) is 0. The quantitative estimate of drug-likeness (QED) is 0.533. The molecule has 18 heavy (non-hydrogen) atoms. The maximum Gasteiger partial charge on any atom is 0.215 e. The Hall–Kier alpha value is -0.210. The van der Waals surface area contributed by atoms with Gasteiger partial charge in [0.05, 0.1) is 11.9 Å². The number of ether oxygens (including phenoxy) is 1. The summed E-state index contributed by atoms with van der Waals surface area (Å²) < 4.78 is 31.3. The summed E-state index contributed by atoms with van der Waals surface area (Å²) in [6.45, 7) is 7.48. The lowest BCUT2D eigenvalue weighted by molar-refractivity contribution is 0.162. The lowest BCUT2D eigenvalue weighted by Gasteiger charge is -2.18. The van der Waals surface area contributed by atoms with Gasteiger partial charge in [0.1, 0.15) is 0 Å². The number of methoxy groups -OCH3 is 1. The van der Waals surface area contributed by atoms with E-state index in [1.54, 1.807) is 14.0 Å². The molecule has 0 aliphatic heterocycles. The second kappa shape index (κ2) is 9.69. The predicted octanol–water partition coefficient (Wildman–Crippen LogP) is -0.518. The second-order valence-corrected chi connectivity index (χ2v) is 6.54. The molecule has 0 bridgehead atoms. The number of likely N-dealkylation sites (N-methyl/N-ethyl adjacent to an activating group) is 1. The van der Waals surface area contributed by atoms with Gasteiger partial charge in [-0.25, -0.2) is 13.1 Å². The molecule has 0 heterocycles. The average molecular weight is 281 g/mol. The normalized spacial score (nSPS) is 14.1. The van der Waals surface area contributed by atoms with E-state index >= 15 is 0 Å². The van der Waals surface area contributed by atoms with Crippen LogP contribution in [0.1, 0.15) is 13.8 Å². The van der Waals surface area contributed by atoms with Crippen LogP contribution in [0.3, 0.4) is 0 Å². The second-order valence-electron chi connectivity index (χ2n) is 4.35. The Bertz CT molecular complexity index is 296. The molecule has 0 amide bonds. The van der Waals surface area contributed by atoms with Gasteiger partial charge in [-0.1, -0.05) is 6.92 Å². The summed E-state index contributed by atoms with van der Waals surface area (Å²) in [7, 11) is 0.372. The Morgan fingerprint density at radius 2 is 2.00 bits per heavy atom. The fraction of sp³-hybridized carbons (Fsp3) is 1.00. The Balaban J connectivity index is 3.89. The molecule has 0 aromatic rings. The van der Waals surface area contributed by atoms with E-state index in [0.29, 0.717) is 26.2 Å². The minimum atomic E-state index is -3.22. The average Bonchev–Trinajstić information content (AvgIpc) is 2.33. The van der Waals surface area contributed by atoms with E-state index in [1.807, 2.05) is 18.9 Å². The number of rotatable bonds is 11. The fourth-order valence-electron chi connectivity index (χ4n) is 1.34. The van der Waals surface area contributed by atoms with E-state index in [9.17, 15) is 8.42 Å². The van der Waals surface area contributed by atoms with Crippen LogP contribution in [0.25, 0.3) is 0 Å². The zero-order chi connectivity index (χ0) is 14.0. The largest absolute Gasteiger partial charge is 0.383 e. The van der Waals surface area contributed by atoms with Gasteiger partial charge in [0, 0.05) is 33.3 Å². The lowest BCUT2D eigenvalue weighted by atomic mass is 10.5. The summed E-state index contributed by atoms with van der Waals surface area (Å²) >= 11 is 0. The first-order valence-electron chi connectivity index (χ1n) is 6.30. The molecule has 0 saturated carbocycles. The zero-order valence-corrected chi connectivity index (χ0v) is 12.7. The maximum absolute atomic E-state index is 11.8. The predicted molar refractivity (Wildman–Crippen MR) is 74.3 cm³/mol. The molecule has 0 aromatic heterocycles. The summed E-state index contributed by atoms with van der Waals surface area (Å²) in [6.07, 6.45) is 0. The van der Waals surface area contributed by atoms with Gasteiger partial charge in [-0.2, -0.15) is 0 Å². The molecule has 0 fully saturated rings. The van der Waals surface area contributed by atoms with E-state index < -0.39 is 15.3 Å². The Kier molecular flexibility index (Phi) is 9.57. The molecule has 7 heteroatoms. The van der Waals surface area contributed by atoms with E-state index in [-0.39, 0.29) is 0 Å². The van der Waals surface area contributed by atoms with Gasteiger partial charge in [-0.05, 0) is 20.5 Å². The Labute approximate surface area is 111 Å². The molecule has 0 spiro atoms. The van der Waals surface area contributed by atoms with Crippen molar-refractivity contribution in [1.29, 1.82) is 0 Å². The van der Waals surface area contributed by atoms with Crippen LogP contribution >= 0.6 is 0 Å². The van der Waals surface area contributed by atoms with Crippen molar-refractivity contribution < 1.29 is 13.2 Å². The topological polar surface area (TPSA) is 70.7 Å². The molecule has 0 saturated heterocycles. The van der Waals surface area contributed by atoms with Gasteiger partial charge in [-0.3, -0.25) is 0 Å². The number of hydrogen-bond donors (Lipinski definition) is 2. The van der Waals surface area contributed by atoms with Crippen molar-refractivity contribution in [2.45, 2.75) is 19.1 Å². The molecule has 1 unspecified atom stereocenters. The molecular formula is C11H27N3O3S. The molecule has 2 N–H and O–H groups in total. The van der Waals surface area contributed by atoms with Crippen molar-refractivity contribution in [3.63, 3.8) is 0 Å². The van der Waals surface area contributed by atoms with Crippen molar-refractivity contribution in [1.82, 2.24) is 14.9 Å². The molecular weight excluding hydrogens is 254 g/mol. The monoisotopic (exact) mass is 281 g/mol. The third kappa shape index (κ3) is 7.99. The van der Waals surface area contributed by atoms with Gasteiger partial charge >= 0.3 is 0 Å². The highest BCUT2D eigenvalue weighted by atomic mass is 32.2. The van der Waals surface area contributed by atoms with Crippen molar-refractivity contribution in [3.8, 4) is 0 Å². The summed E-state index contributed by atoms with van der Waals surface area (Å²) in [5, 5.41) is 2.62. The van der Waals surface area contributed by atoms with Gasteiger partial charge < -0.3 is 15.0 Å². The van der Waals surface area contributed by atoms with Crippen LogP contribution in [0.2, 0.25) is 0 Å². The van der Waals surface area contributed by atoms with Crippen molar-refractivity contribution >= 4 is 10.0 Å². The van der Waals surface area contributed by atoms with Crippen LogP contribution in [0.5, 0.6) is 0 Å². The summed E-state index contributed by atoms with van der Waals surface area (Å²) in [5.74, 6) is 0. The highest BCUT2D eigenvalue weighted by molar-refractivity contribution is 7.90.